The average molecular weight is 692 g/mol. The number of aliphatic imine (C=N–C) groups is 1. The molecule has 2 N–H and O–H groups in total. The minimum atomic E-state index is -1.11. The maximum atomic E-state index is 14.3. The van der Waals surface area contributed by atoms with Crippen molar-refractivity contribution >= 4 is 30.1 Å². The van der Waals surface area contributed by atoms with Gasteiger partial charge in [-0.15, -0.1) is 10.2 Å². The van der Waals surface area contributed by atoms with Crippen LogP contribution in [0.25, 0.3) is 0 Å². The standard InChI is InChI=1S/C36H45N5O9/c1-47-29-17-15-23(19-30(29)48-2)14-16-28(25-11-8-12-26(20-25)49-21-31(42)43)50-36(46)27-13-6-7-18-41(27)35(45)32(24-9-4-3-5-10-24)39-34(44)33-37-22-38-40-33/h8,11-12,15,17,19-20,22,24,27-28,32-33H,3-7,9-10,13-14,16,18,21H2,1-2H3,(H,39,44)(H,42,43)/t27-,28?,32?,33?/m0/s1. The lowest BCUT2D eigenvalue weighted by Crippen LogP contribution is -2.59. The second-order valence-electron chi connectivity index (χ2n) is 12.7. The second-order valence-corrected chi connectivity index (χ2v) is 12.7. The van der Waals surface area contributed by atoms with Crippen molar-refractivity contribution in [2.45, 2.75) is 88.6 Å². The molecule has 0 aromatic heterocycles. The highest BCUT2D eigenvalue weighted by Gasteiger charge is 2.41. The van der Waals surface area contributed by atoms with Gasteiger partial charge in [-0.05, 0) is 86.3 Å². The fourth-order valence-electron chi connectivity index (χ4n) is 6.83. The zero-order valence-corrected chi connectivity index (χ0v) is 28.5. The van der Waals surface area contributed by atoms with Gasteiger partial charge in [-0.2, -0.15) is 0 Å². The quantitative estimate of drug-likeness (QED) is 0.252. The van der Waals surface area contributed by atoms with E-state index in [0.29, 0.717) is 55.0 Å². The van der Waals surface area contributed by atoms with Crippen LogP contribution >= 0.6 is 0 Å². The molecule has 0 spiro atoms. The van der Waals surface area contributed by atoms with Crippen LogP contribution in [0.3, 0.4) is 0 Å². The van der Waals surface area contributed by atoms with E-state index >= 15 is 0 Å². The lowest BCUT2D eigenvalue weighted by molar-refractivity contribution is -0.163. The SMILES string of the molecule is COc1ccc(CCC(OC(=O)[C@@H]2CCCCN2C(=O)C(NC(=O)C2N=CN=N2)C2CCCCC2)c2cccc(OCC(=O)O)c2)cc1OC. The number of amides is 2. The second kappa shape index (κ2) is 17.6. The van der Waals surface area contributed by atoms with E-state index in [1.54, 1.807) is 43.4 Å². The highest BCUT2D eigenvalue weighted by Crippen LogP contribution is 2.33. The molecule has 2 fully saturated rings. The van der Waals surface area contributed by atoms with Crippen molar-refractivity contribution in [1.29, 1.82) is 0 Å². The molecular formula is C36H45N5O9. The Morgan fingerprint density at radius 1 is 0.960 bits per heavy atom. The van der Waals surface area contributed by atoms with Crippen molar-refractivity contribution in [3.05, 3.63) is 53.6 Å². The van der Waals surface area contributed by atoms with Gasteiger partial charge in [0.05, 0.1) is 14.2 Å². The van der Waals surface area contributed by atoms with Crippen LogP contribution in [0, 0.1) is 5.92 Å². The lowest BCUT2D eigenvalue weighted by atomic mass is 9.82. The molecule has 1 saturated heterocycles. The van der Waals surface area contributed by atoms with Gasteiger partial charge in [0, 0.05) is 6.54 Å². The van der Waals surface area contributed by atoms with E-state index in [1.165, 1.54) is 6.34 Å². The van der Waals surface area contributed by atoms with E-state index in [4.69, 9.17) is 24.1 Å². The maximum absolute atomic E-state index is 14.3. The summed E-state index contributed by atoms with van der Waals surface area (Å²) in [6.07, 6.45) is 6.73. The zero-order valence-electron chi connectivity index (χ0n) is 28.5. The summed E-state index contributed by atoms with van der Waals surface area (Å²) >= 11 is 0. The fraction of sp³-hybridized carbons (Fsp3) is 0.528. The molecule has 14 heteroatoms. The molecule has 3 unspecified atom stereocenters. The van der Waals surface area contributed by atoms with Gasteiger partial charge in [0.15, 0.2) is 18.1 Å². The number of nitrogens with one attached hydrogen (secondary N) is 1. The molecule has 4 atom stereocenters. The summed E-state index contributed by atoms with van der Waals surface area (Å²) in [5, 5.41) is 19.5. The van der Waals surface area contributed by atoms with Crippen molar-refractivity contribution in [2.75, 3.05) is 27.4 Å². The Bertz CT molecular complexity index is 1560. The Morgan fingerprint density at radius 2 is 1.74 bits per heavy atom. The van der Waals surface area contributed by atoms with Crippen LogP contribution in [0.15, 0.2) is 57.7 Å². The summed E-state index contributed by atoms with van der Waals surface area (Å²) in [5.74, 6) is -1.06. The largest absolute Gasteiger partial charge is 0.493 e. The number of benzene rings is 2. The van der Waals surface area contributed by atoms with Crippen LogP contribution in [0.5, 0.6) is 17.2 Å². The van der Waals surface area contributed by atoms with Crippen LogP contribution in [-0.4, -0.2) is 85.7 Å². The number of piperidine rings is 1. The molecule has 2 aliphatic heterocycles. The number of hydrogen-bond acceptors (Lipinski definition) is 11. The molecule has 1 saturated carbocycles. The average Bonchev–Trinajstić information content (AvgIpc) is 3.70. The van der Waals surface area contributed by atoms with Crippen LogP contribution < -0.4 is 19.5 Å². The summed E-state index contributed by atoms with van der Waals surface area (Å²) in [4.78, 5) is 58.2. The molecule has 2 heterocycles. The Morgan fingerprint density at radius 3 is 2.46 bits per heavy atom. The predicted octanol–water partition coefficient (Wildman–Crippen LogP) is 4.65. The first-order chi connectivity index (χ1) is 24.3. The minimum Gasteiger partial charge on any atom is -0.493 e. The van der Waals surface area contributed by atoms with Gasteiger partial charge in [-0.1, -0.05) is 37.5 Å². The summed E-state index contributed by atoms with van der Waals surface area (Å²) < 4.78 is 22.5. The Labute approximate surface area is 291 Å². The van der Waals surface area contributed by atoms with Crippen molar-refractivity contribution in [3.8, 4) is 17.2 Å². The van der Waals surface area contributed by atoms with Gasteiger partial charge < -0.3 is 34.3 Å². The lowest BCUT2D eigenvalue weighted by Gasteiger charge is -2.39. The highest BCUT2D eigenvalue weighted by atomic mass is 16.5. The summed E-state index contributed by atoms with van der Waals surface area (Å²) in [6.45, 7) is -0.166. The summed E-state index contributed by atoms with van der Waals surface area (Å²) in [6, 6.07) is 10.7. The van der Waals surface area contributed by atoms with E-state index < -0.39 is 48.8 Å². The van der Waals surface area contributed by atoms with Crippen molar-refractivity contribution in [1.82, 2.24) is 10.2 Å². The van der Waals surface area contributed by atoms with Crippen molar-refractivity contribution in [2.24, 2.45) is 21.1 Å². The van der Waals surface area contributed by atoms with Crippen LogP contribution in [0.2, 0.25) is 0 Å². The first-order valence-electron chi connectivity index (χ1n) is 17.2. The van der Waals surface area contributed by atoms with E-state index in [-0.39, 0.29) is 11.8 Å². The third kappa shape index (κ3) is 9.36. The van der Waals surface area contributed by atoms with Crippen molar-refractivity contribution < 1.29 is 43.2 Å². The van der Waals surface area contributed by atoms with Gasteiger partial charge in [0.2, 0.25) is 12.1 Å². The molecule has 5 rings (SSSR count). The number of aliphatic carboxylic acids is 1. The third-order valence-corrected chi connectivity index (χ3v) is 9.41. The van der Waals surface area contributed by atoms with E-state index in [9.17, 15) is 19.2 Å². The molecule has 268 valence electrons. The molecule has 1 aliphatic carbocycles. The van der Waals surface area contributed by atoms with Crippen molar-refractivity contribution in [3.63, 3.8) is 0 Å². The number of carbonyl (C=O) groups is 4. The number of likely N-dealkylation sites (tertiary alicyclic amines) is 1. The molecule has 2 aromatic carbocycles. The molecule has 50 heavy (non-hydrogen) atoms. The topological polar surface area (TPSA) is 178 Å². The number of carboxylic acid groups (broad SMARTS) is 1. The monoisotopic (exact) mass is 691 g/mol. The van der Waals surface area contributed by atoms with Crippen LogP contribution in [0.4, 0.5) is 0 Å². The third-order valence-electron chi connectivity index (χ3n) is 9.41. The van der Waals surface area contributed by atoms with Gasteiger partial charge >= 0.3 is 11.9 Å². The smallest absolute Gasteiger partial charge is 0.341 e. The number of rotatable bonds is 15. The van der Waals surface area contributed by atoms with Crippen LogP contribution in [-0.2, 0) is 30.3 Å². The number of aryl methyl sites for hydroxylation is 1. The molecule has 2 aromatic rings. The summed E-state index contributed by atoms with van der Waals surface area (Å²) in [7, 11) is 3.12. The predicted molar refractivity (Wildman–Crippen MR) is 181 cm³/mol. The number of esters is 1. The molecular weight excluding hydrogens is 646 g/mol. The van der Waals surface area contributed by atoms with Gasteiger partial charge in [-0.25, -0.2) is 14.6 Å². The molecule has 3 aliphatic rings. The summed E-state index contributed by atoms with van der Waals surface area (Å²) in [5.41, 5.74) is 1.54. The normalized spacial score (nSPS) is 20.1. The van der Waals surface area contributed by atoms with Gasteiger partial charge in [-0.3, -0.25) is 9.59 Å². The number of hydrogen-bond donors (Lipinski definition) is 2. The Balaban J connectivity index is 1.37. The van der Waals surface area contributed by atoms with E-state index in [1.807, 2.05) is 18.2 Å². The van der Waals surface area contributed by atoms with E-state index in [2.05, 4.69) is 20.5 Å². The zero-order chi connectivity index (χ0) is 35.5. The van der Waals surface area contributed by atoms with Gasteiger partial charge in [0.25, 0.3) is 5.91 Å². The number of carbonyl (C=O) groups excluding carboxylic acids is 3. The number of carboxylic acids is 1. The maximum Gasteiger partial charge on any atom is 0.341 e. The molecule has 0 radical (unpaired) electrons. The van der Waals surface area contributed by atoms with E-state index in [0.717, 1.165) is 44.1 Å². The number of methoxy groups -OCH3 is 2. The minimum absolute atomic E-state index is 0.0797. The number of ether oxygens (including phenoxy) is 4. The van der Waals surface area contributed by atoms with Gasteiger partial charge in [0.1, 0.15) is 30.3 Å². The highest BCUT2D eigenvalue weighted by molar-refractivity contribution is 5.93. The Hall–Kier alpha value is -5.01. The fourth-order valence-corrected chi connectivity index (χ4v) is 6.83. The number of azo groups is 1. The first kappa shape index (κ1) is 36.3. The number of nitrogens with zero attached hydrogens (tertiary/aromatic N) is 4. The molecule has 14 nitrogen and oxygen atoms in total. The Kier molecular flexibility index (Phi) is 12.8. The molecule has 0 bridgehead atoms. The molecule has 2 amide bonds. The van der Waals surface area contributed by atoms with Crippen LogP contribution in [0.1, 0.15) is 75.0 Å². The first-order valence-corrected chi connectivity index (χ1v) is 17.2.